The molecular weight excluding hydrogens is 357 g/mol. The third kappa shape index (κ3) is 3.62. The topological polar surface area (TPSA) is 80.1 Å². The zero-order chi connectivity index (χ0) is 18.7. The Kier molecular flexibility index (Phi) is 5.36. The lowest BCUT2D eigenvalue weighted by Gasteiger charge is -2.17. The highest BCUT2D eigenvalue weighted by atomic mass is 32.2. The van der Waals surface area contributed by atoms with Gasteiger partial charge in [0.1, 0.15) is 5.82 Å². The number of hydrogen-bond donors (Lipinski definition) is 1. The number of nitrogens with one attached hydrogen (secondary N) is 1. The molecule has 0 unspecified atom stereocenters. The summed E-state index contributed by atoms with van der Waals surface area (Å²) in [6.45, 7) is 6.73. The molecule has 1 aromatic heterocycles. The van der Waals surface area contributed by atoms with Gasteiger partial charge in [-0.15, -0.1) is 16.8 Å². The number of benzene rings is 1. The van der Waals surface area contributed by atoms with Gasteiger partial charge in [0.2, 0.25) is 5.91 Å². The van der Waals surface area contributed by atoms with Gasteiger partial charge in [-0.05, 0) is 31.2 Å². The molecule has 0 bridgehead atoms. The SMILES string of the molecule is C=CCn1c(S[C@H](C)C(=O)N2CCNC2=O)nnc1-c1ccc(F)cc1. The van der Waals surface area contributed by atoms with Gasteiger partial charge in [0.15, 0.2) is 11.0 Å². The second-order valence-corrected chi connectivity index (χ2v) is 7.00. The Hall–Kier alpha value is -2.68. The van der Waals surface area contributed by atoms with Crippen LogP contribution in [0.15, 0.2) is 42.1 Å². The van der Waals surface area contributed by atoms with E-state index in [0.29, 0.717) is 36.2 Å². The molecule has 1 aromatic carbocycles. The standard InChI is InChI=1S/C17H18FN5O2S/c1-3-9-22-14(12-4-6-13(18)7-5-12)20-21-17(22)26-11(2)15(24)23-10-8-19-16(23)25/h3-7,11H,1,8-10H2,2H3,(H,19,25)/t11-/m1/s1. The Bertz CT molecular complexity index is 836. The summed E-state index contributed by atoms with van der Waals surface area (Å²) in [5, 5.41) is 11.0. The summed E-state index contributed by atoms with van der Waals surface area (Å²) >= 11 is 1.22. The van der Waals surface area contributed by atoms with Crippen molar-refractivity contribution < 1.29 is 14.0 Å². The molecular formula is C17H18FN5O2S. The number of nitrogens with zero attached hydrogens (tertiary/aromatic N) is 4. The summed E-state index contributed by atoms with van der Waals surface area (Å²) in [5.74, 6) is -0.0475. The first-order valence-electron chi connectivity index (χ1n) is 8.07. The number of allylic oxidation sites excluding steroid dienone is 1. The molecule has 1 saturated heterocycles. The Balaban J connectivity index is 1.83. The molecule has 26 heavy (non-hydrogen) atoms. The van der Waals surface area contributed by atoms with Gasteiger partial charge in [-0.2, -0.15) is 0 Å². The molecule has 3 rings (SSSR count). The molecule has 2 heterocycles. The summed E-state index contributed by atoms with van der Waals surface area (Å²) in [4.78, 5) is 25.3. The van der Waals surface area contributed by atoms with Crippen LogP contribution in [0.5, 0.6) is 0 Å². The Morgan fingerprint density at radius 3 is 2.77 bits per heavy atom. The molecule has 0 aliphatic carbocycles. The number of amides is 3. The van der Waals surface area contributed by atoms with Gasteiger partial charge >= 0.3 is 6.03 Å². The van der Waals surface area contributed by atoms with Crippen molar-refractivity contribution in [2.45, 2.75) is 23.9 Å². The van der Waals surface area contributed by atoms with Crippen LogP contribution in [0.3, 0.4) is 0 Å². The number of urea groups is 1. The highest BCUT2D eigenvalue weighted by molar-refractivity contribution is 8.00. The lowest BCUT2D eigenvalue weighted by atomic mass is 10.2. The summed E-state index contributed by atoms with van der Waals surface area (Å²) in [6.07, 6.45) is 1.70. The van der Waals surface area contributed by atoms with Crippen LogP contribution >= 0.6 is 11.8 Å². The van der Waals surface area contributed by atoms with Crippen LogP contribution < -0.4 is 5.32 Å². The first kappa shape index (κ1) is 18.1. The average molecular weight is 375 g/mol. The molecule has 1 fully saturated rings. The van der Waals surface area contributed by atoms with Crippen LogP contribution in [0.2, 0.25) is 0 Å². The number of aromatic nitrogens is 3. The molecule has 3 amide bonds. The van der Waals surface area contributed by atoms with Crippen molar-refractivity contribution in [3.05, 3.63) is 42.7 Å². The maximum Gasteiger partial charge on any atom is 0.324 e. The fourth-order valence-corrected chi connectivity index (χ4v) is 3.51. The second-order valence-electron chi connectivity index (χ2n) is 5.69. The van der Waals surface area contributed by atoms with Gasteiger partial charge < -0.3 is 5.32 Å². The quantitative estimate of drug-likeness (QED) is 0.619. The number of carbonyl (C=O) groups excluding carboxylic acids is 2. The number of rotatable bonds is 6. The number of halogens is 1. The smallest absolute Gasteiger partial charge is 0.324 e. The molecule has 1 N–H and O–H groups in total. The zero-order valence-electron chi connectivity index (χ0n) is 14.2. The molecule has 2 aromatic rings. The largest absolute Gasteiger partial charge is 0.336 e. The van der Waals surface area contributed by atoms with Crippen LogP contribution in [0, 0.1) is 5.82 Å². The fourth-order valence-electron chi connectivity index (χ4n) is 2.59. The van der Waals surface area contributed by atoms with Gasteiger partial charge in [-0.25, -0.2) is 9.18 Å². The van der Waals surface area contributed by atoms with Gasteiger partial charge in [-0.1, -0.05) is 17.8 Å². The molecule has 0 radical (unpaired) electrons. The molecule has 1 atom stereocenters. The third-order valence-electron chi connectivity index (χ3n) is 3.88. The van der Waals surface area contributed by atoms with E-state index in [9.17, 15) is 14.0 Å². The van der Waals surface area contributed by atoms with Crippen molar-refractivity contribution in [2.75, 3.05) is 13.1 Å². The maximum atomic E-state index is 13.2. The Morgan fingerprint density at radius 2 is 2.15 bits per heavy atom. The minimum Gasteiger partial charge on any atom is -0.336 e. The minimum atomic E-state index is -0.507. The van der Waals surface area contributed by atoms with Gasteiger partial charge in [0, 0.05) is 25.2 Å². The highest BCUT2D eigenvalue weighted by Gasteiger charge is 2.31. The van der Waals surface area contributed by atoms with Gasteiger partial charge in [0.05, 0.1) is 5.25 Å². The summed E-state index contributed by atoms with van der Waals surface area (Å²) in [5.41, 5.74) is 0.713. The summed E-state index contributed by atoms with van der Waals surface area (Å²) in [7, 11) is 0. The second kappa shape index (κ2) is 7.69. The van der Waals surface area contributed by atoms with Crippen LogP contribution in [-0.2, 0) is 11.3 Å². The Morgan fingerprint density at radius 1 is 1.42 bits per heavy atom. The molecule has 0 saturated carbocycles. The van der Waals surface area contributed by atoms with Gasteiger partial charge in [-0.3, -0.25) is 14.3 Å². The van der Waals surface area contributed by atoms with Crippen LogP contribution in [-0.4, -0.2) is 49.9 Å². The maximum absolute atomic E-state index is 13.2. The van der Waals surface area contributed by atoms with E-state index in [4.69, 9.17) is 0 Å². The van der Waals surface area contributed by atoms with E-state index >= 15 is 0 Å². The summed E-state index contributed by atoms with van der Waals surface area (Å²) < 4.78 is 15.0. The first-order chi connectivity index (χ1) is 12.5. The highest BCUT2D eigenvalue weighted by Crippen LogP contribution is 2.28. The molecule has 1 aliphatic rings. The molecule has 9 heteroatoms. The lowest BCUT2D eigenvalue weighted by molar-refractivity contribution is -0.126. The monoisotopic (exact) mass is 375 g/mol. The van der Waals surface area contributed by atoms with Crippen molar-refractivity contribution in [3.63, 3.8) is 0 Å². The molecule has 7 nitrogen and oxygen atoms in total. The number of imide groups is 1. The summed E-state index contributed by atoms with van der Waals surface area (Å²) in [6, 6.07) is 5.58. The average Bonchev–Trinajstić information content (AvgIpc) is 3.22. The van der Waals surface area contributed by atoms with E-state index in [-0.39, 0.29) is 17.8 Å². The predicted octanol–water partition coefficient (Wildman–Crippen LogP) is 2.30. The predicted molar refractivity (Wildman–Crippen MR) is 96.0 cm³/mol. The van der Waals surface area contributed by atoms with Gasteiger partial charge in [0.25, 0.3) is 0 Å². The van der Waals surface area contributed by atoms with Crippen LogP contribution in [0.4, 0.5) is 9.18 Å². The minimum absolute atomic E-state index is 0.276. The van der Waals surface area contributed by atoms with Crippen molar-refractivity contribution in [1.82, 2.24) is 25.0 Å². The van der Waals surface area contributed by atoms with E-state index < -0.39 is 5.25 Å². The molecule has 0 spiro atoms. The van der Waals surface area contributed by atoms with E-state index in [2.05, 4.69) is 22.1 Å². The van der Waals surface area contributed by atoms with Crippen LogP contribution in [0.25, 0.3) is 11.4 Å². The Labute approximate surface area is 154 Å². The lowest BCUT2D eigenvalue weighted by Crippen LogP contribution is -2.39. The fraction of sp³-hybridized carbons (Fsp3) is 0.294. The number of carbonyl (C=O) groups is 2. The number of thioether (sulfide) groups is 1. The normalized spacial score (nSPS) is 15.0. The van der Waals surface area contributed by atoms with Crippen molar-refractivity contribution in [1.29, 1.82) is 0 Å². The van der Waals surface area contributed by atoms with Crippen molar-refractivity contribution in [3.8, 4) is 11.4 Å². The van der Waals surface area contributed by atoms with E-state index in [0.717, 1.165) is 0 Å². The first-order valence-corrected chi connectivity index (χ1v) is 8.95. The third-order valence-corrected chi connectivity index (χ3v) is 4.95. The van der Waals surface area contributed by atoms with Crippen molar-refractivity contribution >= 4 is 23.7 Å². The molecule has 1 aliphatic heterocycles. The van der Waals surface area contributed by atoms with E-state index in [1.54, 1.807) is 29.7 Å². The van der Waals surface area contributed by atoms with E-state index in [1.165, 1.54) is 28.8 Å². The molecule has 136 valence electrons. The van der Waals surface area contributed by atoms with Crippen molar-refractivity contribution in [2.24, 2.45) is 0 Å². The zero-order valence-corrected chi connectivity index (χ0v) is 15.0. The van der Waals surface area contributed by atoms with E-state index in [1.807, 2.05) is 0 Å². The number of hydrogen-bond acceptors (Lipinski definition) is 5. The van der Waals surface area contributed by atoms with Crippen LogP contribution in [0.1, 0.15) is 6.92 Å².